The van der Waals surface area contributed by atoms with Crippen molar-refractivity contribution in [3.63, 3.8) is 0 Å². The van der Waals surface area contributed by atoms with Crippen molar-refractivity contribution in [2.24, 2.45) is 0 Å². The van der Waals surface area contributed by atoms with Crippen molar-refractivity contribution in [2.75, 3.05) is 33.2 Å². The summed E-state index contributed by atoms with van der Waals surface area (Å²) in [5, 5.41) is 0. The highest BCUT2D eigenvalue weighted by atomic mass is 19.1. The van der Waals surface area contributed by atoms with E-state index in [4.69, 9.17) is 0 Å². The highest BCUT2D eigenvalue weighted by Crippen LogP contribution is 2.46. The lowest BCUT2D eigenvalue weighted by atomic mass is 9.75. The van der Waals surface area contributed by atoms with E-state index in [1.165, 1.54) is 31.4 Å². The summed E-state index contributed by atoms with van der Waals surface area (Å²) in [6.07, 6.45) is 5.91. The Morgan fingerprint density at radius 3 is 2.53 bits per heavy atom. The smallest absolute Gasteiger partial charge is 0.254 e. The van der Waals surface area contributed by atoms with Crippen LogP contribution in [-0.4, -0.2) is 65.3 Å². The largest absolute Gasteiger partial charge is 0.338 e. The lowest BCUT2D eigenvalue weighted by Crippen LogP contribution is -2.57. The Hall–Kier alpha value is -2.73. The van der Waals surface area contributed by atoms with E-state index in [9.17, 15) is 14.0 Å². The number of hydrogen-bond acceptors (Lipinski definition) is 3. The van der Waals surface area contributed by atoms with Gasteiger partial charge < -0.3 is 9.80 Å². The number of likely N-dealkylation sites (N-methyl/N-ethyl adjacent to an activating group) is 1. The number of rotatable bonds is 4. The first-order valence-electron chi connectivity index (χ1n) is 12.6. The van der Waals surface area contributed by atoms with Crippen LogP contribution in [0.5, 0.6) is 0 Å². The normalized spacial score (nSPS) is 25.8. The average molecular weight is 464 g/mol. The molecule has 3 heterocycles. The Balaban J connectivity index is 1.45. The van der Waals surface area contributed by atoms with Gasteiger partial charge in [0.15, 0.2) is 0 Å². The van der Waals surface area contributed by atoms with Crippen molar-refractivity contribution >= 4 is 11.8 Å². The molecule has 180 valence electrons. The zero-order chi connectivity index (χ0) is 23.7. The number of amides is 2. The van der Waals surface area contributed by atoms with Crippen LogP contribution in [0, 0.1) is 5.82 Å². The number of nitrogens with zero attached hydrogens (tertiary/aromatic N) is 3. The van der Waals surface area contributed by atoms with Crippen LogP contribution in [0.25, 0.3) is 0 Å². The van der Waals surface area contributed by atoms with Crippen molar-refractivity contribution in [2.45, 2.75) is 56.5 Å². The van der Waals surface area contributed by atoms with Crippen molar-refractivity contribution in [3.05, 3.63) is 71.0 Å². The van der Waals surface area contributed by atoms with Crippen LogP contribution in [0.2, 0.25) is 0 Å². The van der Waals surface area contributed by atoms with Gasteiger partial charge in [0.25, 0.3) is 5.91 Å². The van der Waals surface area contributed by atoms with E-state index in [2.05, 4.69) is 11.0 Å². The summed E-state index contributed by atoms with van der Waals surface area (Å²) in [7, 11) is 1.87. The molecule has 0 N–H and O–H groups in total. The van der Waals surface area contributed by atoms with E-state index in [0.717, 1.165) is 49.2 Å². The highest BCUT2D eigenvalue weighted by Gasteiger charge is 2.53. The van der Waals surface area contributed by atoms with Gasteiger partial charge in [-0.1, -0.05) is 36.8 Å². The molecule has 2 atom stereocenters. The molecule has 3 fully saturated rings. The van der Waals surface area contributed by atoms with Crippen molar-refractivity contribution in [1.82, 2.24) is 14.7 Å². The second-order valence-electron chi connectivity index (χ2n) is 10.2. The molecule has 2 aromatic carbocycles. The average Bonchev–Trinajstić information content (AvgIpc) is 3.24. The van der Waals surface area contributed by atoms with Gasteiger partial charge >= 0.3 is 0 Å². The number of piperidine rings is 2. The van der Waals surface area contributed by atoms with Crippen LogP contribution in [0.15, 0.2) is 48.5 Å². The fourth-order valence-electron chi connectivity index (χ4n) is 6.28. The lowest BCUT2D eigenvalue weighted by Gasteiger charge is -2.46. The Kier molecular flexibility index (Phi) is 6.43. The Morgan fingerprint density at radius 1 is 1.03 bits per heavy atom. The molecule has 6 heteroatoms. The van der Waals surface area contributed by atoms with Gasteiger partial charge in [0, 0.05) is 44.6 Å². The van der Waals surface area contributed by atoms with Gasteiger partial charge in [-0.15, -0.1) is 0 Å². The van der Waals surface area contributed by atoms with Gasteiger partial charge in [0.1, 0.15) is 5.82 Å². The molecule has 0 aromatic heterocycles. The van der Waals surface area contributed by atoms with Crippen LogP contribution < -0.4 is 0 Å². The molecule has 3 aliphatic rings. The monoisotopic (exact) mass is 463 g/mol. The van der Waals surface area contributed by atoms with Gasteiger partial charge in [-0.3, -0.25) is 14.5 Å². The molecule has 0 unspecified atom stereocenters. The molecule has 5 nitrogen and oxygen atoms in total. The maximum atomic E-state index is 13.9. The molecular weight excluding hydrogens is 429 g/mol. The predicted molar refractivity (Wildman–Crippen MR) is 130 cm³/mol. The second-order valence-corrected chi connectivity index (χ2v) is 10.2. The van der Waals surface area contributed by atoms with Crippen LogP contribution in [-0.2, 0) is 11.3 Å². The molecule has 0 bridgehead atoms. The number of benzene rings is 2. The molecule has 1 spiro atoms. The number of carbonyl (C=O) groups is 2. The molecule has 5 rings (SSSR count). The molecule has 0 radical (unpaired) electrons. The van der Waals surface area contributed by atoms with Gasteiger partial charge in [0.2, 0.25) is 5.91 Å². The summed E-state index contributed by atoms with van der Waals surface area (Å²) in [4.78, 5) is 32.9. The Morgan fingerprint density at radius 2 is 1.76 bits per heavy atom. The summed E-state index contributed by atoms with van der Waals surface area (Å²) < 4.78 is 13.7. The minimum atomic E-state index is -0.454. The number of halogens is 1. The third kappa shape index (κ3) is 4.24. The molecule has 34 heavy (non-hydrogen) atoms. The zero-order valence-electron chi connectivity index (χ0n) is 20.0. The van der Waals surface area contributed by atoms with Gasteiger partial charge in [0.05, 0.1) is 5.54 Å². The van der Waals surface area contributed by atoms with Crippen molar-refractivity contribution < 1.29 is 14.0 Å². The Labute approximate surface area is 201 Å². The molecule has 3 aliphatic heterocycles. The van der Waals surface area contributed by atoms with E-state index >= 15 is 0 Å². The first kappa shape index (κ1) is 23.0. The summed E-state index contributed by atoms with van der Waals surface area (Å²) in [6.45, 7) is 3.98. The van der Waals surface area contributed by atoms with Crippen LogP contribution in [0.1, 0.15) is 65.9 Å². The molecule has 2 amide bonds. The van der Waals surface area contributed by atoms with E-state index in [-0.39, 0.29) is 23.5 Å². The standard InChI is InChI=1S/C28H34FN3O2/c1-30-26(33)10-7-15-28(30)20-32(19-25(28)21-11-13-23(29)14-12-21)27(34)24-9-4-3-8-22(24)18-31-16-5-2-6-17-31/h3-4,8-9,11-14,25H,2,5-7,10,15-20H2,1H3/t25-,28+/m0/s1. The molecule has 0 saturated carbocycles. The van der Waals surface area contributed by atoms with Crippen molar-refractivity contribution in [3.8, 4) is 0 Å². The summed E-state index contributed by atoms with van der Waals surface area (Å²) in [6, 6.07) is 14.5. The first-order valence-corrected chi connectivity index (χ1v) is 12.6. The maximum Gasteiger partial charge on any atom is 0.254 e. The Bertz CT molecular complexity index is 1050. The van der Waals surface area contributed by atoms with Crippen LogP contribution in [0.3, 0.4) is 0 Å². The molecule has 3 saturated heterocycles. The highest BCUT2D eigenvalue weighted by molar-refractivity contribution is 5.96. The number of carbonyl (C=O) groups excluding carboxylic acids is 2. The molecular formula is C28H34FN3O2. The quantitative estimate of drug-likeness (QED) is 0.674. The van der Waals surface area contributed by atoms with E-state index in [1.54, 1.807) is 0 Å². The van der Waals surface area contributed by atoms with E-state index in [1.807, 2.05) is 47.2 Å². The summed E-state index contributed by atoms with van der Waals surface area (Å²) >= 11 is 0. The van der Waals surface area contributed by atoms with Gasteiger partial charge in [-0.25, -0.2) is 4.39 Å². The molecule has 2 aromatic rings. The summed E-state index contributed by atoms with van der Waals surface area (Å²) in [5.41, 5.74) is 2.36. The fraction of sp³-hybridized carbons (Fsp3) is 0.500. The van der Waals surface area contributed by atoms with Crippen molar-refractivity contribution in [1.29, 1.82) is 0 Å². The zero-order valence-corrected chi connectivity index (χ0v) is 20.0. The van der Waals surface area contributed by atoms with E-state index in [0.29, 0.717) is 19.5 Å². The van der Waals surface area contributed by atoms with E-state index < -0.39 is 5.54 Å². The topological polar surface area (TPSA) is 43.9 Å². The SMILES string of the molecule is CN1C(=O)CCC[C@]12CN(C(=O)c1ccccc1CN1CCCCC1)C[C@H]2c1ccc(F)cc1. The van der Waals surface area contributed by atoms with Gasteiger partial charge in [-0.05, 0) is 68.1 Å². The third-order valence-corrected chi connectivity index (χ3v) is 8.21. The fourth-order valence-corrected chi connectivity index (χ4v) is 6.28. The second kappa shape index (κ2) is 9.49. The minimum Gasteiger partial charge on any atom is -0.338 e. The van der Waals surface area contributed by atoms with Gasteiger partial charge in [-0.2, -0.15) is 0 Å². The predicted octanol–water partition coefficient (Wildman–Crippen LogP) is 4.43. The number of hydrogen-bond donors (Lipinski definition) is 0. The first-order chi connectivity index (χ1) is 16.5. The third-order valence-electron chi connectivity index (χ3n) is 8.21. The van der Waals surface area contributed by atoms with Crippen LogP contribution >= 0.6 is 0 Å². The van der Waals surface area contributed by atoms with Crippen LogP contribution in [0.4, 0.5) is 4.39 Å². The summed E-state index contributed by atoms with van der Waals surface area (Å²) in [5.74, 6) is -0.162. The minimum absolute atomic E-state index is 0.0306. The lowest BCUT2D eigenvalue weighted by molar-refractivity contribution is -0.139. The number of likely N-dealkylation sites (tertiary alicyclic amines) is 3. The molecule has 0 aliphatic carbocycles. The maximum absolute atomic E-state index is 13.9.